The Labute approximate surface area is 122 Å². The van der Waals surface area contributed by atoms with E-state index in [0.29, 0.717) is 23.5 Å². The minimum absolute atomic E-state index is 0.0106. The summed E-state index contributed by atoms with van der Waals surface area (Å²) in [5.41, 5.74) is 9.22. The van der Waals surface area contributed by atoms with Gasteiger partial charge in [-0.1, -0.05) is 18.2 Å². The smallest absolute Gasteiger partial charge is 0.252 e. The van der Waals surface area contributed by atoms with Gasteiger partial charge in [0.15, 0.2) is 5.78 Å². The molecular weight excluding hydrogens is 266 g/mol. The van der Waals surface area contributed by atoms with Gasteiger partial charge in [0.05, 0.1) is 12.2 Å². The predicted octanol–water partition coefficient (Wildman–Crippen LogP) is 2.59. The zero-order valence-electron chi connectivity index (χ0n) is 11.7. The number of carbonyl (C=O) groups excluding carboxylic acids is 2. The average Bonchev–Trinajstić information content (AvgIpc) is 2.94. The SMILES string of the molecule is CC(=O)c1cccc(-c2cc3c(c(C(N)=O)c2)OCC3)c1. The summed E-state index contributed by atoms with van der Waals surface area (Å²) in [4.78, 5) is 23.1. The fourth-order valence-corrected chi connectivity index (χ4v) is 2.58. The number of rotatable bonds is 3. The van der Waals surface area contributed by atoms with Crippen LogP contribution in [0.5, 0.6) is 5.75 Å². The number of nitrogens with two attached hydrogens (primary N) is 1. The Morgan fingerprint density at radius 2 is 1.95 bits per heavy atom. The second-order valence-electron chi connectivity index (χ2n) is 5.11. The standard InChI is InChI=1S/C17H15NO3/c1-10(19)11-3-2-4-12(7-11)14-8-13-5-6-21-16(13)15(9-14)17(18)20/h2-4,7-9H,5-6H2,1H3,(H2,18,20). The molecule has 1 amide bonds. The van der Waals surface area contributed by atoms with Gasteiger partial charge in [0.2, 0.25) is 0 Å². The van der Waals surface area contributed by atoms with Gasteiger partial charge >= 0.3 is 0 Å². The van der Waals surface area contributed by atoms with Crippen LogP contribution in [0.1, 0.15) is 33.2 Å². The Morgan fingerprint density at radius 1 is 1.14 bits per heavy atom. The number of amides is 1. The maximum atomic E-state index is 11.6. The van der Waals surface area contributed by atoms with E-state index in [-0.39, 0.29) is 5.78 Å². The van der Waals surface area contributed by atoms with Crippen LogP contribution in [0, 0.1) is 0 Å². The van der Waals surface area contributed by atoms with Crippen LogP contribution < -0.4 is 10.5 Å². The molecule has 0 bridgehead atoms. The van der Waals surface area contributed by atoms with Crippen LogP contribution in [-0.4, -0.2) is 18.3 Å². The number of primary amides is 1. The molecule has 0 unspecified atom stereocenters. The fraction of sp³-hybridized carbons (Fsp3) is 0.176. The summed E-state index contributed by atoms with van der Waals surface area (Å²) in [6, 6.07) is 11.1. The number of carbonyl (C=O) groups is 2. The Bertz CT molecular complexity index is 750. The molecule has 0 saturated heterocycles. The first-order valence-electron chi connectivity index (χ1n) is 6.77. The maximum absolute atomic E-state index is 11.6. The van der Waals surface area contributed by atoms with E-state index >= 15 is 0 Å². The molecule has 0 fully saturated rings. The lowest BCUT2D eigenvalue weighted by molar-refractivity contribution is 0.0993. The van der Waals surface area contributed by atoms with Crippen molar-refractivity contribution in [3.05, 3.63) is 53.1 Å². The molecule has 4 nitrogen and oxygen atoms in total. The van der Waals surface area contributed by atoms with Gasteiger partial charge in [-0.2, -0.15) is 0 Å². The lowest BCUT2D eigenvalue weighted by Crippen LogP contribution is -2.12. The van der Waals surface area contributed by atoms with Crippen LogP contribution in [0.3, 0.4) is 0 Å². The lowest BCUT2D eigenvalue weighted by atomic mass is 9.96. The molecule has 4 heteroatoms. The number of hydrogen-bond donors (Lipinski definition) is 1. The molecule has 2 N–H and O–H groups in total. The number of ether oxygens (including phenoxy) is 1. The van der Waals surface area contributed by atoms with Crippen LogP contribution in [0.4, 0.5) is 0 Å². The molecule has 2 aromatic rings. The van der Waals surface area contributed by atoms with Gasteiger partial charge in [-0.15, -0.1) is 0 Å². The summed E-state index contributed by atoms with van der Waals surface area (Å²) in [5.74, 6) is 0.100. The van der Waals surface area contributed by atoms with Gasteiger partial charge in [-0.25, -0.2) is 0 Å². The molecule has 0 spiro atoms. The molecule has 3 rings (SSSR count). The number of fused-ring (bicyclic) bond motifs is 1. The highest BCUT2D eigenvalue weighted by Gasteiger charge is 2.21. The zero-order valence-corrected chi connectivity index (χ0v) is 11.7. The van der Waals surface area contributed by atoms with E-state index in [4.69, 9.17) is 10.5 Å². The summed E-state index contributed by atoms with van der Waals surface area (Å²) in [7, 11) is 0. The van der Waals surface area contributed by atoms with Crippen LogP contribution >= 0.6 is 0 Å². The van der Waals surface area contributed by atoms with Crippen molar-refractivity contribution in [3.63, 3.8) is 0 Å². The van der Waals surface area contributed by atoms with Crippen molar-refractivity contribution < 1.29 is 14.3 Å². The zero-order chi connectivity index (χ0) is 15.0. The highest BCUT2D eigenvalue weighted by molar-refractivity contribution is 5.98. The van der Waals surface area contributed by atoms with Crippen molar-refractivity contribution in [1.29, 1.82) is 0 Å². The Morgan fingerprint density at radius 3 is 2.67 bits per heavy atom. The second-order valence-corrected chi connectivity index (χ2v) is 5.11. The summed E-state index contributed by atoms with van der Waals surface area (Å²) < 4.78 is 5.49. The van der Waals surface area contributed by atoms with Crippen molar-refractivity contribution in [2.45, 2.75) is 13.3 Å². The number of benzene rings is 2. The predicted molar refractivity (Wildman–Crippen MR) is 79.6 cm³/mol. The van der Waals surface area contributed by atoms with E-state index in [1.165, 1.54) is 6.92 Å². The molecule has 21 heavy (non-hydrogen) atoms. The monoisotopic (exact) mass is 281 g/mol. The molecule has 1 aliphatic heterocycles. The molecule has 1 heterocycles. The first-order chi connectivity index (χ1) is 10.1. The molecule has 2 aromatic carbocycles. The third kappa shape index (κ3) is 2.40. The largest absolute Gasteiger partial charge is 0.492 e. The fourth-order valence-electron chi connectivity index (χ4n) is 2.58. The van der Waals surface area contributed by atoms with Crippen molar-refractivity contribution in [2.24, 2.45) is 5.73 Å². The van der Waals surface area contributed by atoms with E-state index < -0.39 is 5.91 Å². The number of Topliss-reactive ketones (excluding diaryl/α,β-unsaturated/α-hetero) is 1. The van der Waals surface area contributed by atoms with Crippen LogP contribution in [0.2, 0.25) is 0 Å². The maximum Gasteiger partial charge on any atom is 0.252 e. The minimum Gasteiger partial charge on any atom is -0.492 e. The van der Waals surface area contributed by atoms with Crippen molar-refractivity contribution >= 4 is 11.7 Å². The van der Waals surface area contributed by atoms with E-state index in [0.717, 1.165) is 23.1 Å². The topological polar surface area (TPSA) is 69.4 Å². The molecule has 1 aliphatic rings. The first kappa shape index (κ1) is 13.4. The van der Waals surface area contributed by atoms with Gasteiger partial charge < -0.3 is 10.5 Å². The highest BCUT2D eigenvalue weighted by Crippen LogP contribution is 2.34. The van der Waals surface area contributed by atoms with Crippen molar-refractivity contribution in [3.8, 4) is 16.9 Å². The molecule has 0 radical (unpaired) electrons. The van der Waals surface area contributed by atoms with Crippen molar-refractivity contribution in [1.82, 2.24) is 0 Å². The lowest BCUT2D eigenvalue weighted by Gasteiger charge is -2.10. The molecule has 0 aliphatic carbocycles. The third-order valence-corrected chi connectivity index (χ3v) is 3.65. The quantitative estimate of drug-likeness (QED) is 0.879. The van der Waals surface area contributed by atoms with Gasteiger partial charge in [0, 0.05) is 12.0 Å². The third-order valence-electron chi connectivity index (χ3n) is 3.65. The molecule has 0 saturated carbocycles. The van der Waals surface area contributed by atoms with Gasteiger partial charge in [0.25, 0.3) is 5.91 Å². The van der Waals surface area contributed by atoms with Crippen LogP contribution in [0.15, 0.2) is 36.4 Å². The second kappa shape index (κ2) is 5.05. The van der Waals surface area contributed by atoms with Gasteiger partial charge in [-0.3, -0.25) is 9.59 Å². The summed E-state index contributed by atoms with van der Waals surface area (Å²) in [6.45, 7) is 2.09. The van der Waals surface area contributed by atoms with Crippen LogP contribution in [0.25, 0.3) is 11.1 Å². The van der Waals surface area contributed by atoms with E-state index in [1.807, 2.05) is 24.3 Å². The first-order valence-corrected chi connectivity index (χ1v) is 6.77. The summed E-state index contributed by atoms with van der Waals surface area (Å²) in [5, 5.41) is 0. The summed E-state index contributed by atoms with van der Waals surface area (Å²) in [6.07, 6.45) is 0.760. The Kier molecular flexibility index (Phi) is 3.22. The molecular formula is C17H15NO3. The molecule has 106 valence electrons. The van der Waals surface area contributed by atoms with E-state index in [2.05, 4.69) is 0 Å². The molecule has 0 aromatic heterocycles. The van der Waals surface area contributed by atoms with Crippen LogP contribution in [-0.2, 0) is 6.42 Å². The average molecular weight is 281 g/mol. The highest BCUT2D eigenvalue weighted by atomic mass is 16.5. The number of hydrogen-bond acceptors (Lipinski definition) is 3. The Balaban J connectivity index is 2.15. The molecule has 0 atom stereocenters. The Hall–Kier alpha value is -2.62. The van der Waals surface area contributed by atoms with Crippen molar-refractivity contribution in [2.75, 3.05) is 6.61 Å². The summed E-state index contributed by atoms with van der Waals surface area (Å²) >= 11 is 0. The van der Waals surface area contributed by atoms with E-state index in [1.54, 1.807) is 12.1 Å². The van der Waals surface area contributed by atoms with E-state index in [9.17, 15) is 9.59 Å². The minimum atomic E-state index is -0.502. The van der Waals surface area contributed by atoms with Gasteiger partial charge in [-0.05, 0) is 41.8 Å². The van der Waals surface area contributed by atoms with Gasteiger partial charge in [0.1, 0.15) is 5.75 Å². The number of ketones is 1. The normalized spacial score (nSPS) is 12.6.